The molecule has 0 aliphatic rings. The maximum atomic E-state index is 11.5. The molecule has 0 heterocycles. The van der Waals surface area contributed by atoms with Crippen LogP contribution in [0.15, 0.2) is 0 Å². The van der Waals surface area contributed by atoms with Gasteiger partial charge in [-0.1, -0.05) is 20.3 Å². The molecule has 0 saturated carbocycles. The monoisotopic (exact) mass is 287 g/mol. The summed E-state index contributed by atoms with van der Waals surface area (Å²) in [7, 11) is 4.04. The first-order valence-corrected chi connectivity index (χ1v) is 5.67. The summed E-state index contributed by atoms with van der Waals surface area (Å²) < 4.78 is 0. The van der Waals surface area contributed by atoms with Gasteiger partial charge in [-0.15, -0.1) is 24.8 Å². The molecule has 0 bridgehead atoms. The Morgan fingerprint density at radius 2 is 1.88 bits per heavy atom. The fourth-order valence-corrected chi connectivity index (χ4v) is 1.24. The number of halogens is 2. The van der Waals surface area contributed by atoms with Crippen LogP contribution in [0.3, 0.4) is 0 Å². The Balaban J connectivity index is -0.000000980. The van der Waals surface area contributed by atoms with Crippen LogP contribution in [0.4, 0.5) is 0 Å². The van der Waals surface area contributed by atoms with Crippen LogP contribution in [0.25, 0.3) is 0 Å². The third-order valence-electron chi connectivity index (χ3n) is 2.64. The van der Waals surface area contributed by atoms with Crippen molar-refractivity contribution in [3.05, 3.63) is 0 Å². The predicted octanol–water partition coefficient (Wildman–Crippen LogP) is 1.27. The van der Waals surface area contributed by atoms with E-state index in [-0.39, 0.29) is 42.7 Å². The molecule has 6 heteroatoms. The molecular weight excluding hydrogens is 261 g/mol. The van der Waals surface area contributed by atoms with Gasteiger partial charge < -0.3 is 16.0 Å². The number of rotatable bonds is 7. The first-order valence-electron chi connectivity index (χ1n) is 5.67. The lowest BCUT2D eigenvalue weighted by Gasteiger charge is -2.18. The van der Waals surface area contributed by atoms with Crippen LogP contribution in [0, 0.1) is 5.92 Å². The molecule has 0 aliphatic heterocycles. The van der Waals surface area contributed by atoms with Crippen molar-refractivity contribution >= 4 is 30.7 Å². The summed E-state index contributed by atoms with van der Waals surface area (Å²) in [6.07, 6.45) is 1.90. The van der Waals surface area contributed by atoms with Gasteiger partial charge in [-0.2, -0.15) is 0 Å². The zero-order chi connectivity index (χ0) is 11.8. The maximum absolute atomic E-state index is 11.5. The Morgan fingerprint density at radius 1 is 1.35 bits per heavy atom. The fourth-order valence-electron chi connectivity index (χ4n) is 1.24. The smallest absolute Gasteiger partial charge is 0.237 e. The molecule has 0 spiro atoms. The van der Waals surface area contributed by atoms with E-state index in [1.54, 1.807) is 0 Å². The van der Waals surface area contributed by atoms with Crippen LogP contribution >= 0.6 is 24.8 Å². The Labute approximate surface area is 118 Å². The first-order chi connectivity index (χ1) is 6.99. The molecule has 0 radical (unpaired) electrons. The maximum Gasteiger partial charge on any atom is 0.237 e. The number of amides is 1. The van der Waals surface area contributed by atoms with Gasteiger partial charge in [-0.25, -0.2) is 0 Å². The van der Waals surface area contributed by atoms with E-state index in [0.29, 0.717) is 6.54 Å². The summed E-state index contributed by atoms with van der Waals surface area (Å²) in [6.45, 7) is 5.74. The molecule has 17 heavy (non-hydrogen) atoms. The number of hydrogen-bond acceptors (Lipinski definition) is 3. The molecule has 1 amide bonds. The summed E-state index contributed by atoms with van der Waals surface area (Å²) in [5.74, 6) is 0.224. The van der Waals surface area contributed by atoms with Crippen molar-refractivity contribution < 1.29 is 4.79 Å². The molecule has 2 unspecified atom stereocenters. The molecule has 3 N–H and O–H groups in total. The van der Waals surface area contributed by atoms with Crippen LogP contribution in [0.2, 0.25) is 0 Å². The topological polar surface area (TPSA) is 58.4 Å². The normalized spacial score (nSPS) is 13.3. The molecule has 0 saturated heterocycles. The number of hydrogen-bond donors (Lipinski definition) is 2. The molecular formula is C11H27Cl2N3O. The first kappa shape index (κ1) is 22.2. The molecule has 0 aromatic rings. The van der Waals surface area contributed by atoms with Crippen molar-refractivity contribution in [3.63, 3.8) is 0 Å². The predicted molar refractivity (Wildman–Crippen MR) is 78.1 cm³/mol. The highest BCUT2D eigenvalue weighted by Gasteiger charge is 2.18. The number of carbonyl (C=O) groups is 1. The SMILES string of the molecule is CCC(C)C(N)C(=O)NCCCN(C)C.Cl.Cl. The minimum atomic E-state index is -0.366. The van der Waals surface area contributed by atoms with E-state index in [4.69, 9.17) is 5.73 Å². The van der Waals surface area contributed by atoms with Gasteiger partial charge in [0.05, 0.1) is 6.04 Å². The Hall–Kier alpha value is -0.0300. The Bertz CT molecular complexity index is 192. The highest BCUT2D eigenvalue weighted by Crippen LogP contribution is 2.04. The average molecular weight is 288 g/mol. The van der Waals surface area contributed by atoms with Crippen molar-refractivity contribution in [2.75, 3.05) is 27.2 Å². The second-order valence-corrected chi connectivity index (χ2v) is 4.36. The van der Waals surface area contributed by atoms with E-state index in [1.165, 1.54) is 0 Å². The standard InChI is InChI=1S/C11H25N3O.2ClH/c1-5-9(2)10(12)11(15)13-7-6-8-14(3)4;;/h9-10H,5-8,12H2,1-4H3,(H,13,15);2*1H. The van der Waals surface area contributed by atoms with Crippen molar-refractivity contribution in [1.29, 1.82) is 0 Å². The van der Waals surface area contributed by atoms with Gasteiger partial charge in [-0.05, 0) is 33.0 Å². The van der Waals surface area contributed by atoms with Gasteiger partial charge in [0.1, 0.15) is 0 Å². The minimum Gasteiger partial charge on any atom is -0.355 e. The van der Waals surface area contributed by atoms with Gasteiger partial charge in [0.25, 0.3) is 0 Å². The lowest BCUT2D eigenvalue weighted by atomic mass is 9.99. The molecule has 0 aromatic heterocycles. The fraction of sp³-hybridized carbons (Fsp3) is 0.909. The van der Waals surface area contributed by atoms with Gasteiger partial charge in [0, 0.05) is 6.54 Å². The second kappa shape index (κ2) is 12.4. The van der Waals surface area contributed by atoms with Crippen LogP contribution in [0.1, 0.15) is 26.7 Å². The highest BCUT2D eigenvalue weighted by atomic mass is 35.5. The summed E-state index contributed by atoms with van der Waals surface area (Å²) >= 11 is 0. The molecule has 0 fully saturated rings. The number of nitrogens with one attached hydrogen (secondary N) is 1. The van der Waals surface area contributed by atoms with Crippen LogP contribution in [0.5, 0.6) is 0 Å². The second-order valence-electron chi connectivity index (χ2n) is 4.36. The molecule has 0 rings (SSSR count). The highest BCUT2D eigenvalue weighted by molar-refractivity contribution is 5.85. The third-order valence-corrected chi connectivity index (χ3v) is 2.64. The van der Waals surface area contributed by atoms with Gasteiger partial charge >= 0.3 is 0 Å². The Kier molecular flexibility index (Phi) is 16.2. The van der Waals surface area contributed by atoms with E-state index < -0.39 is 0 Å². The van der Waals surface area contributed by atoms with E-state index in [9.17, 15) is 4.79 Å². The van der Waals surface area contributed by atoms with Gasteiger partial charge in [-0.3, -0.25) is 4.79 Å². The summed E-state index contributed by atoms with van der Waals surface area (Å²) in [5.41, 5.74) is 5.79. The van der Waals surface area contributed by atoms with E-state index in [1.807, 2.05) is 27.9 Å². The van der Waals surface area contributed by atoms with Crippen molar-refractivity contribution in [1.82, 2.24) is 10.2 Å². The summed E-state index contributed by atoms with van der Waals surface area (Å²) in [6, 6.07) is -0.366. The van der Waals surface area contributed by atoms with Crippen molar-refractivity contribution in [2.24, 2.45) is 11.7 Å². The number of carbonyl (C=O) groups excluding carboxylic acids is 1. The third kappa shape index (κ3) is 10.8. The average Bonchev–Trinajstić information content (AvgIpc) is 2.21. The molecule has 106 valence electrons. The van der Waals surface area contributed by atoms with Crippen molar-refractivity contribution in [2.45, 2.75) is 32.7 Å². The molecule has 2 atom stereocenters. The minimum absolute atomic E-state index is 0. The van der Waals surface area contributed by atoms with Crippen molar-refractivity contribution in [3.8, 4) is 0 Å². The summed E-state index contributed by atoms with van der Waals surface area (Å²) in [5, 5.41) is 2.86. The zero-order valence-electron chi connectivity index (χ0n) is 11.2. The Morgan fingerprint density at radius 3 is 2.29 bits per heavy atom. The number of nitrogens with zero attached hydrogens (tertiary/aromatic N) is 1. The number of nitrogens with two attached hydrogens (primary N) is 1. The molecule has 0 aromatic carbocycles. The largest absolute Gasteiger partial charge is 0.355 e. The lowest BCUT2D eigenvalue weighted by molar-refractivity contribution is -0.123. The lowest BCUT2D eigenvalue weighted by Crippen LogP contribution is -2.45. The van der Waals surface area contributed by atoms with Gasteiger partial charge in [0.2, 0.25) is 5.91 Å². The van der Waals surface area contributed by atoms with E-state index in [0.717, 1.165) is 19.4 Å². The van der Waals surface area contributed by atoms with E-state index in [2.05, 4.69) is 10.2 Å². The van der Waals surface area contributed by atoms with E-state index >= 15 is 0 Å². The summed E-state index contributed by atoms with van der Waals surface area (Å²) in [4.78, 5) is 13.6. The van der Waals surface area contributed by atoms with Crippen LogP contribution in [-0.2, 0) is 4.79 Å². The quantitative estimate of drug-likeness (QED) is 0.694. The molecule has 0 aliphatic carbocycles. The molecule has 4 nitrogen and oxygen atoms in total. The van der Waals surface area contributed by atoms with Crippen LogP contribution in [-0.4, -0.2) is 44.0 Å². The zero-order valence-corrected chi connectivity index (χ0v) is 12.9. The van der Waals surface area contributed by atoms with Crippen LogP contribution < -0.4 is 11.1 Å². The van der Waals surface area contributed by atoms with Gasteiger partial charge in [0.15, 0.2) is 0 Å².